The molecule has 0 N–H and O–H groups in total. The summed E-state index contributed by atoms with van der Waals surface area (Å²) in [5.41, 5.74) is 5.60. The molecule has 0 radical (unpaired) electrons. The molecule has 0 spiro atoms. The average Bonchev–Trinajstić information content (AvgIpc) is 3.58. The molecule has 0 unspecified atom stereocenters. The molecule has 168 valence electrons. The Morgan fingerprint density at radius 3 is 2.69 bits per heavy atom. The first-order chi connectivity index (χ1) is 15.6. The molecule has 0 bridgehead atoms. The smallest absolute Gasteiger partial charge is 0.258 e. The third-order valence-electron chi connectivity index (χ3n) is 6.82. The fraction of sp³-hybridized carbons (Fsp3) is 0.500. The summed E-state index contributed by atoms with van der Waals surface area (Å²) in [6, 6.07) is 10.6. The van der Waals surface area contributed by atoms with Gasteiger partial charge in [0.1, 0.15) is 0 Å². The summed E-state index contributed by atoms with van der Waals surface area (Å²) in [7, 11) is 0. The number of rotatable bonds is 7. The predicted molar refractivity (Wildman–Crippen MR) is 127 cm³/mol. The van der Waals surface area contributed by atoms with E-state index in [2.05, 4.69) is 30.6 Å². The molecular weight excluding hydrogens is 398 g/mol. The predicted octanol–water partition coefficient (Wildman–Crippen LogP) is 4.43. The van der Waals surface area contributed by atoms with Crippen LogP contribution in [0, 0.1) is 5.92 Å². The van der Waals surface area contributed by atoms with E-state index in [1.165, 1.54) is 12.8 Å². The maximum Gasteiger partial charge on any atom is 0.258 e. The number of fused-ring (bicyclic) bond motifs is 3. The molecule has 1 saturated carbocycles. The third-order valence-corrected chi connectivity index (χ3v) is 6.82. The van der Waals surface area contributed by atoms with Crippen LogP contribution in [0.25, 0.3) is 16.9 Å². The highest BCUT2D eigenvalue weighted by molar-refractivity contribution is 6.02. The van der Waals surface area contributed by atoms with Gasteiger partial charge in [-0.25, -0.2) is 9.50 Å². The Morgan fingerprint density at radius 1 is 1.22 bits per heavy atom. The van der Waals surface area contributed by atoms with Crippen molar-refractivity contribution in [2.24, 2.45) is 5.92 Å². The highest BCUT2D eigenvalue weighted by atomic mass is 16.2. The largest absolute Gasteiger partial charge is 0.338 e. The van der Waals surface area contributed by atoms with E-state index in [-0.39, 0.29) is 5.91 Å². The van der Waals surface area contributed by atoms with Crippen molar-refractivity contribution < 1.29 is 4.79 Å². The van der Waals surface area contributed by atoms with Crippen molar-refractivity contribution in [2.45, 2.75) is 59.0 Å². The summed E-state index contributed by atoms with van der Waals surface area (Å²) in [5.74, 6) is 0.799. The molecule has 0 atom stereocenters. The Morgan fingerprint density at radius 2 is 2.00 bits per heavy atom. The van der Waals surface area contributed by atoms with Crippen molar-refractivity contribution in [3.05, 3.63) is 53.3 Å². The zero-order valence-electron chi connectivity index (χ0n) is 19.4. The zero-order chi connectivity index (χ0) is 22.2. The summed E-state index contributed by atoms with van der Waals surface area (Å²) in [6.07, 6.45) is 6.14. The third kappa shape index (κ3) is 3.92. The fourth-order valence-electron chi connectivity index (χ4n) is 4.81. The van der Waals surface area contributed by atoms with Gasteiger partial charge in [-0.2, -0.15) is 5.10 Å². The first-order valence-electron chi connectivity index (χ1n) is 12.0. The molecule has 3 heterocycles. The molecule has 1 aromatic carbocycles. The molecule has 3 aromatic rings. The highest BCUT2D eigenvalue weighted by Gasteiger charge is 2.34. The fourth-order valence-corrected chi connectivity index (χ4v) is 4.81. The van der Waals surface area contributed by atoms with Gasteiger partial charge in [-0.3, -0.25) is 9.69 Å². The number of nitrogens with zero attached hydrogens (tertiary/aromatic N) is 5. The first kappa shape index (κ1) is 21.1. The van der Waals surface area contributed by atoms with Crippen molar-refractivity contribution in [3.63, 3.8) is 0 Å². The molecule has 1 aliphatic heterocycles. The summed E-state index contributed by atoms with van der Waals surface area (Å²) >= 11 is 0. The average molecular weight is 432 g/mol. The quantitative estimate of drug-likeness (QED) is 0.556. The van der Waals surface area contributed by atoms with Crippen LogP contribution in [0.2, 0.25) is 0 Å². The molecule has 1 amide bonds. The van der Waals surface area contributed by atoms with E-state index in [4.69, 9.17) is 10.1 Å². The molecular formula is C26H33N5O. The van der Waals surface area contributed by atoms with Crippen LogP contribution in [0.5, 0.6) is 0 Å². The first-order valence-corrected chi connectivity index (χ1v) is 12.0. The van der Waals surface area contributed by atoms with E-state index in [9.17, 15) is 4.79 Å². The molecule has 6 heteroatoms. The van der Waals surface area contributed by atoms with Crippen LogP contribution in [-0.2, 0) is 13.0 Å². The zero-order valence-corrected chi connectivity index (χ0v) is 19.4. The molecule has 6 nitrogen and oxygen atoms in total. The van der Waals surface area contributed by atoms with Gasteiger partial charge in [-0.05, 0) is 51.0 Å². The minimum Gasteiger partial charge on any atom is -0.338 e. The van der Waals surface area contributed by atoms with Crippen LogP contribution < -0.4 is 0 Å². The minimum atomic E-state index is 0.134. The van der Waals surface area contributed by atoms with Gasteiger partial charge in [-0.15, -0.1) is 0 Å². The lowest BCUT2D eigenvalue weighted by Crippen LogP contribution is -2.37. The van der Waals surface area contributed by atoms with Crippen molar-refractivity contribution in [1.29, 1.82) is 0 Å². The summed E-state index contributed by atoms with van der Waals surface area (Å²) < 4.78 is 1.94. The molecule has 0 saturated heterocycles. The summed E-state index contributed by atoms with van der Waals surface area (Å²) in [4.78, 5) is 23.5. The normalized spacial score (nSPS) is 16.5. The van der Waals surface area contributed by atoms with Crippen LogP contribution in [0.1, 0.15) is 61.6 Å². The number of carbonyl (C=O) groups is 1. The Hall–Kier alpha value is -2.73. The van der Waals surface area contributed by atoms with Crippen LogP contribution in [-0.4, -0.2) is 56.0 Å². The second kappa shape index (κ2) is 8.66. The second-order valence-electron chi connectivity index (χ2n) is 9.55. The van der Waals surface area contributed by atoms with Gasteiger partial charge in [0.2, 0.25) is 0 Å². The maximum atomic E-state index is 13.9. The number of benzene rings is 1. The monoisotopic (exact) mass is 431 g/mol. The van der Waals surface area contributed by atoms with Gasteiger partial charge >= 0.3 is 0 Å². The highest BCUT2D eigenvalue weighted by Crippen LogP contribution is 2.33. The lowest BCUT2D eigenvalue weighted by Gasteiger charge is -2.31. The SMILES string of the molecule is CCCN(CC1CC1)C(=O)c1c2c(n3ncc(-c4ccccc4)nc13)CN(C(C)C)CC2. The van der Waals surface area contributed by atoms with Crippen LogP contribution >= 0.6 is 0 Å². The summed E-state index contributed by atoms with van der Waals surface area (Å²) in [6.45, 7) is 10.0. The lowest BCUT2D eigenvalue weighted by atomic mass is 10.0. The van der Waals surface area contributed by atoms with E-state index in [0.717, 1.165) is 67.1 Å². The van der Waals surface area contributed by atoms with Gasteiger partial charge < -0.3 is 4.90 Å². The van der Waals surface area contributed by atoms with E-state index in [0.29, 0.717) is 17.6 Å². The second-order valence-corrected chi connectivity index (χ2v) is 9.55. The maximum absolute atomic E-state index is 13.9. The number of amides is 1. The molecule has 2 aliphatic rings. The number of carbonyl (C=O) groups excluding carboxylic acids is 1. The Bertz CT molecular complexity index is 1120. The van der Waals surface area contributed by atoms with Crippen molar-refractivity contribution in [2.75, 3.05) is 19.6 Å². The number of hydrogen-bond acceptors (Lipinski definition) is 4. The van der Waals surface area contributed by atoms with Gasteiger partial charge in [0.05, 0.1) is 23.1 Å². The van der Waals surface area contributed by atoms with Crippen molar-refractivity contribution in [1.82, 2.24) is 24.4 Å². The number of aromatic nitrogens is 3. The van der Waals surface area contributed by atoms with Gasteiger partial charge in [0, 0.05) is 37.8 Å². The van der Waals surface area contributed by atoms with E-state index >= 15 is 0 Å². The number of hydrogen-bond donors (Lipinski definition) is 0. The van der Waals surface area contributed by atoms with Gasteiger partial charge in [0.15, 0.2) is 5.65 Å². The molecule has 5 rings (SSSR count). The van der Waals surface area contributed by atoms with E-state index in [1.807, 2.05) is 41.0 Å². The van der Waals surface area contributed by atoms with Crippen molar-refractivity contribution in [3.8, 4) is 11.3 Å². The van der Waals surface area contributed by atoms with E-state index in [1.54, 1.807) is 0 Å². The van der Waals surface area contributed by atoms with Crippen LogP contribution in [0.15, 0.2) is 36.5 Å². The van der Waals surface area contributed by atoms with Crippen molar-refractivity contribution >= 4 is 11.6 Å². The Labute approximate surface area is 190 Å². The van der Waals surface area contributed by atoms with E-state index < -0.39 is 0 Å². The standard InChI is InChI=1S/C26H33N5O/c1-4-13-30(16-19-10-11-19)26(32)24-21-12-14-29(18(2)3)17-23(21)31-25(24)28-22(15-27-31)20-8-6-5-7-9-20/h5-9,15,18-19H,4,10-14,16-17H2,1-3H3. The molecule has 1 fully saturated rings. The minimum absolute atomic E-state index is 0.134. The van der Waals surface area contributed by atoms with Crippen LogP contribution in [0.4, 0.5) is 0 Å². The Balaban J connectivity index is 1.64. The molecule has 1 aliphatic carbocycles. The molecule has 32 heavy (non-hydrogen) atoms. The van der Waals surface area contributed by atoms with Crippen LogP contribution in [0.3, 0.4) is 0 Å². The van der Waals surface area contributed by atoms with Gasteiger partial charge in [-0.1, -0.05) is 37.3 Å². The lowest BCUT2D eigenvalue weighted by molar-refractivity contribution is 0.0747. The molecule has 2 aromatic heterocycles. The summed E-state index contributed by atoms with van der Waals surface area (Å²) in [5, 5.41) is 4.80. The Kier molecular flexibility index (Phi) is 5.72. The van der Waals surface area contributed by atoms with Gasteiger partial charge in [0.25, 0.3) is 5.91 Å². The topological polar surface area (TPSA) is 53.7 Å².